The maximum absolute atomic E-state index is 12.3. The number of hydrogen-bond acceptors (Lipinski definition) is 4. The van der Waals surface area contributed by atoms with Gasteiger partial charge in [0.25, 0.3) is 0 Å². The van der Waals surface area contributed by atoms with Crippen molar-refractivity contribution < 1.29 is 13.2 Å². The van der Waals surface area contributed by atoms with Gasteiger partial charge in [0.15, 0.2) is 0 Å². The molecule has 0 saturated carbocycles. The lowest BCUT2D eigenvalue weighted by Gasteiger charge is -2.17. The van der Waals surface area contributed by atoms with Gasteiger partial charge in [0.05, 0.1) is 11.5 Å². The van der Waals surface area contributed by atoms with E-state index in [0.717, 1.165) is 30.5 Å². The first-order valence-electron chi connectivity index (χ1n) is 9.01. The average molecular weight is 377 g/mol. The first-order valence-corrected chi connectivity index (χ1v) is 10.6. The highest BCUT2D eigenvalue weighted by Crippen LogP contribution is 2.30. The lowest BCUT2D eigenvalue weighted by molar-refractivity contribution is 0.313. The van der Waals surface area contributed by atoms with Gasteiger partial charge in [-0.1, -0.05) is 44.2 Å². The first kappa shape index (κ1) is 20.4. The lowest BCUT2D eigenvalue weighted by Crippen LogP contribution is -2.19. The Morgan fingerprint density at radius 3 is 2.38 bits per heavy atom. The molecule has 0 aliphatic carbocycles. The van der Waals surface area contributed by atoms with E-state index >= 15 is 0 Å². The second kappa shape index (κ2) is 9.71. The van der Waals surface area contributed by atoms with Crippen molar-refractivity contribution >= 4 is 10.0 Å². The average Bonchev–Trinajstić information content (AvgIpc) is 2.61. The van der Waals surface area contributed by atoms with Crippen molar-refractivity contribution in [2.45, 2.75) is 44.6 Å². The Kier molecular flexibility index (Phi) is 7.63. The van der Waals surface area contributed by atoms with Gasteiger partial charge >= 0.3 is 0 Å². The van der Waals surface area contributed by atoms with E-state index in [1.165, 1.54) is 0 Å². The van der Waals surface area contributed by atoms with Crippen LogP contribution < -0.4 is 15.2 Å². The van der Waals surface area contributed by atoms with Crippen molar-refractivity contribution in [2.24, 2.45) is 5.14 Å². The summed E-state index contributed by atoms with van der Waals surface area (Å²) in [6.07, 6.45) is 2.30. The summed E-state index contributed by atoms with van der Waals surface area (Å²) < 4.78 is 30.4. The van der Waals surface area contributed by atoms with Crippen LogP contribution in [0.5, 0.6) is 5.75 Å². The number of nitrogens with two attached hydrogens (primary N) is 1. The molecule has 0 aliphatic rings. The molecule has 0 heterocycles. The standard InChI is InChI=1S/C20H28N2O3S/c1-3-10-22-15-17-13-19(25-11-4-2)18(20(14-17)26(21,23)24)12-16-8-6-5-7-9-16/h5-9,13-14,22H,3-4,10-12,15H2,1-2H3,(H2,21,23,24). The summed E-state index contributed by atoms with van der Waals surface area (Å²) in [5.74, 6) is 0.593. The number of sulfonamides is 1. The molecule has 0 atom stereocenters. The Balaban J connectivity index is 2.49. The second-order valence-corrected chi connectivity index (χ2v) is 7.83. The van der Waals surface area contributed by atoms with Crippen molar-refractivity contribution in [3.63, 3.8) is 0 Å². The largest absolute Gasteiger partial charge is 0.493 e. The zero-order valence-electron chi connectivity index (χ0n) is 15.5. The van der Waals surface area contributed by atoms with E-state index < -0.39 is 10.0 Å². The van der Waals surface area contributed by atoms with Crippen LogP contribution >= 0.6 is 0 Å². The molecule has 2 rings (SSSR count). The summed E-state index contributed by atoms with van der Waals surface area (Å²) in [4.78, 5) is 0.142. The van der Waals surface area contributed by atoms with E-state index in [1.54, 1.807) is 6.07 Å². The molecular formula is C20H28N2O3S. The molecule has 142 valence electrons. The summed E-state index contributed by atoms with van der Waals surface area (Å²) in [7, 11) is -3.86. The highest BCUT2D eigenvalue weighted by molar-refractivity contribution is 7.89. The van der Waals surface area contributed by atoms with Crippen LogP contribution in [0.25, 0.3) is 0 Å². The topological polar surface area (TPSA) is 81.4 Å². The molecule has 0 bridgehead atoms. The minimum atomic E-state index is -3.86. The van der Waals surface area contributed by atoms with Crippen molar-refractivity contribution in [2.75, 3.05) is 13.2 Å². The Bertz CT molecular complexity index is 805. The third kappa shape index (κ3) is 5.83. The number of ether oxygens (including phenoxy) is 1. The van der Waals surface area contributed by atoms with Crippen LogP contribution in [0.2, 0.25) is 0 Å². The number of primary sulfonamides is 1. The Labute approximate surface area is 156 Å². The predicted molar refractivity (Wildman–Crippen MR) is 105 cm³/mol. The molecule has 3 N–H and O–H groups in total. The van der Waals surface area contributed by atoms with E-state index in [4.69, 9.17) is 9.88 Å². The molecule has 5 nitrogen and oxygen atoms in total. The van der Waals surface area contributed by atoms with Crippen molar-refractivity contribution in [3.05, 3.63) is 59.2 Å². The quantitative estimate of drug-likeness (QED) is 0.624. The molecule has 26 heavy (non-hydrogen) atoms. The minimum Gasteiger partial charge on any atom is -0.493 e. The minimum absolute atomic E-state index is 0.142. The van der Waals surface area contributed by atoms with Crippen LogP contribution in [0.15, 0.2) is 47.4 Å². The summed E-state index contributed by atoms with van der Waals surface area (Å²) in [6.45, 7) is 6.06. The molecule has 6 heteroatoms. The van der Waals surface area contributed by atoms with Crippen molar-refractivity contribution in [1.82, 2.24) is 5.32 Å². The van der Waals surface area contributed by atoms with Crippen LogP contribution in [0, 0.1) is 0 Å². The van der Waals surface area contributed by atoms with Gasteiger partial charge in [0.1, 0.15) is 5.75 Å². The highest BCUT2D eigenvalue weighted by Gasteiger charge is 2.20. The van der Waals surface area contributed by atoms with Crippen LogP contribution in [0.3, 0.4) is 0 Å². The van der Waals surface area contributed by atoms with Gasteiger partial charge in [-0.2, -0.15) is 0 Å². The fourth-order valence-corrected chi connectivity index (χ4v) is 3.59. The van der Waals surface area contributed by atoms with Gasteiger partial charge in [-0.3, -0.25) is 0 Å². The monoisotopic (exact) mass is 376 g/mol. The van der Waals surface area contributed by atoms with Gasteiger partial charge < -0.3 is 10.1 Å². The van der Waals surface area contributed by atoms with E-state index in [-0.39, 0.29) is 4.90 Å². The summed E-state index contributed by atoms with van der Waals surface area (Å²) in [6, 6.07) is 13.3. The SMILES string of the molecule is CCCNCc1cc(OCCC)c(Cc2ccccc2)c(S(N)(=O)=O)c1. The van der Waals surface area contributed by atoms with E-state index in [2.05, 4.69) is 12.2 Å². The van der Waals surface area contributed by atoms with Crippen molar-refractivity contribution in [3.8, 4) is 5.75 Å². The lowest BCUT2D eigenvalue weighted by atomic mass is 10.0. The molecule has 0 amide bonds. The zero-order valence-corrected chi connectivity index (χ0v) is 16.3. The maximum atomic E-state index is 12.3. The van der Waals surface area contributed by atoms with Crippen LogP contribution in [-0.2, 0) is 23.0 Å². The normalized spacial score (nSPS) is 11.5. The summed E-state index contributed by atoms with van der Waals surface area (Å²) in [5, 5.41) is 8.82. The Morgan fingerprint density at radius 1 is 1.04 bits per heavy atom. The van der Waals surface area contributed by atoms with E-state index in [0.29, 0.717) is 30.9 Å². The molecule has 0 unspecified atom stereocenters. The molecule has 2 aromatic carbocycles. The fraction of sp³-hybridized carbons (Fsp3) is 0.400. The van der Waals surface area contributed by atoms with Crippen LogP contribution in [0.4, 0.5) is 0 Å². The molecule has 0 aliphatic heterocycles. The van der Waals surface area contributed by atoms with Gasteiger partial charge in [-0.05, 0) is 42.6 Å². The van der Waals surface area contributed by atoms with Gasteiger partial charge in [-0.25, -0.2) is 13.6 Å². The predicted octanol–water partition coefficient (Wildman–Crippen LogP) is 3.21. The van der Waals surface area contributed by atoms with E-state index in [1.807, 2.05) is 43.3 Å². The second-order valence-electron chi connectivity index (χ2n) is 6.30. The smallest absolute Gasteiger partial charge is 0.238 e. The van der Waals surface area contributed by atoms with Gasteiger partial charge in [0.2, 0.25) is 10.0 Å². The van der Waals surface area contributed by atoms with Crippen molar-refractivity contribution in [1.29, 1.82) is 0 Å². The maximum Gasteiger partial charge on any atom is 0.238 e. The summed E-state index contributed by atoms with van der Waals surface area (Å²) in [5.41, 5.74) is 2.48. The molecule has 0 aromatic heterocycles. The van der Waals surface area contributed by atoms with Gasteiger partial charge in [0, 0.05) is 18.5 Å². The highest BCUT2D eigenvalue weighted by atomic mass is 32.2. The fourth-order valence-electron chi connectivity index (χ4n) is 2.75. The zero-order chi connectivity index (χ0) is 19.0. The van der Waals surface area contributed by atoms with E-state index in [9.17, 15) is 8.42 Å². The van der Waals surface area contributed by atoms with Crippen LogP contribution in [0.1, 0.15) is 43.4 Å². The van der Waals surface area contributed by atoms with Crippen LogP contribution in [-0.4, -0.2) is 21.6 Å². The molecule has 0 saturated heterocycles. The third-order valence-electron chi connectivity index (χ3n) is 3.98. The Hall–Kier alpha value is -1.89. The molecule has 0 fully saturated rings. The third-order valence-corrected chi connectivity index (χ3v) is 4.95. The molecular weight excluding hydrogens is 348 g/mol. The summed E-state index contributed by atoms with van der Waals surface area (Å²) >= 11 is 0. The molecule has 2 aromatic rings. The number of hydrogen-bond donors (Lipinski definition) is 2. The number of benzene rings is 2. The number of nitrogens with one attached hydrogen (secondary N) is 1. The van der Waals surface area contributed by atoms with Gasteiger partial charge in [-0.15, -0.1) is 0 Å². The first-order chi connectivity index (χ1) is 12.5. The molecule has 0 spiro atoms. The molecule has 0 radical (unpaired) electrons. The Morgan fingerprint density at radius 2 is 1.77 bits per heavy atom. The number of rotatable bonds is 10.